The number of rotatable bonds is 3. The van der Waals surface area contributed by atoms with Gasteiger partial charge in [-0.1, -0.05) is 30.3 Å². The third-order valence-corrected chi connectivity index (χ3v) is 3.55. The van der Waals surface area contributed by atoms with Crippen molar-refractivity contribution in [1.29, 1.82) is 0 Å². The molecule has 0 saturated carbocycles. The van der Waals surface area contributed by atoms with E-state index < -0.39 is 17.8 Å². The van der Waals surface area contributed by atoms with Crippen LogP contribution in [-0.4, -0.2) is 20.8 Å². The number of hydrogen-bond acceptors (Lipinski definition) is 2. The van der Waals surface area contributed by atoms with Crippen molar-refractivity contribution in [1.82, 2.24) is 9.55 Å². The topological polar surface area (TPSA) is 38.0 Å². The lowest BCUT2D eigenvalue weighted by atomic mass is 10.2. The predicted molar refractivity (Wildman–Crippen MR) is 81.9 cm³/mol. The van der Waals surface area contributed by atoms with Crippen LogP contribution in [0.4, 0.5) is 13.2 Å². The van der Waals surface area contributed by atoms with E-state index >= 15 is 0 Å². The molecule has 1 N–H and O–H groups in total. The molecule has 0 saturated heterocycles. The number of benzene rings is 2. The lowest BCUT2D eigenvalue weighted by Gasteiger charge is -2.11. The van der Waals surface area contributed by atoms with Gasteiger partial charge in [0, 0.05) is 5.56 Å². The fourth-order valence-electron chi connectivity index (χ4n) is 2.56. The first kappa shape index (κ1) is 15.6. The van der Waals surface area contributed by atoms with Gasteiger partial charge >= 0.3 is 6.18 Å². The predicted octanol–water partition coefficient (Wildman–Crippen LogP) is 4.10. The van der Waals surface area contributed by atoms with Gasteiger partial charge in [0.1, 0.15) is 5.82 Å². The number of aliphatic hydroxyl groups is 1. The Balaban J connectivity index is 2.22. The van der Waals surface area contributed by atoms with E-state index in [1.165, 1.54) is 6.07 Å². The van der Waals surface area contributed by atoms with Crippen LogP contribution in [0.3, 0.4) is 0 Å². The molecule has 1 atom stereocenters. The highest BCUT2D eigenvalue weighted by molar-refractivity contribution is 5.81. The molecule has 0 bridgehead atoms. The lowest BCUT2D eigenvalue weighted by Crippen LogP contribution is -2.12. The third kappa shape index (κ3) is 3.07. The normalized spacial score (nSPS) is 13.4. The minimum absolute atomic E-state index is 0.256. The molecule has 0 aliphatic rings. The Morgan fingerprint density at radius 3 is 2.43 bits per heavy atom. The molecule has 0 amide bonds. The maximum absolute atomic E-state index is 12.9. The average molecular weight is 320 g/mol. The summed E-state index contributed by atoms with van der Waals surface area (Å²) in [6, 6.07) is 12.7. The molecule has 23 heavy (non-hydrogen) atoms. The van der Waals surface area contributed by atoms with E-state index in [1.54, 1.807) is 11.5 Å². The third-order valence-electron chi connectivity index (χ3n) is 3.55. The summed E-state index contributed by atoms with van der Waals surface area (Å²) in [5, 5.41) is 9.71. The van der Waals surface area contributed by atoms with Crippen LogP contribution < -0.4 is 0 Å². The van der Waals surface area contributed by atoms with Crippen LogP contribution in [0.25, 0.3) is 22.4 Å². The van der Waals surface area contributed by atoms with Gasteiger partial charge in [-0.25, -0.2) is 4.98 Å². The largest absolute Gasteiger partial charge is 0.416 e. The highest BCUT2D eigenvalue weighted by Crippen LogP contribution is 2.33. The molecule has 1 aromatic heterocycles. The van der Waals surface area contributed by atoms with Crippen molar-refractivity contribution in [3.8, 4) is 11.4 Å². The molecule has 0 aliphatic heterocycles. The quantitative estimate of drug-likeness (QED) is 0.789. The molecule has 3 rings (SSSR count). The molecule has 3 aromatic rings. The Morgan fingerprint density at radius 1 is 1.13 bits per heavy atom. The maximum Gasteiger partial charge on any atom is 0.416 e. The van der Waals surface area contributed by atoms with Crippen LogP contribution >= 0.6 is 0 Å². The number of aromatic nitrogens is 2. The number of halogens is 3. The Hall–Kier alpha value is -2.34. The van der Waals surface area contributed by atoms with Gasteiger partial charge in [-0.2, -0.15) is 13.2 Å². The average Bonchev–Trinajstić information content (AvgIpc) is 2.85. The molecule has 2 aromatic carbocycles. The number of aliphatic hydroxyl groups excluding tert-OH is 1. The Bertz CT molecular complexity index is 823. The van der Waals surface area contributed by atoms with Crippen molar-refractivity contribution in [2.75, 3.05) is 0 Å². The zero-order chi connectivity index (χ0) is 16.6. The SMILES string of the molecule is CC(O)Cn1c(-c2ccccc2)nc2cc(C(F)(F)F)ccc21. The Morgan fingerprint density at radius 2 is 1.83 bits per heavy atom. The van der Waals surface area contributed by atoms with Gasteiger partial charge in [0.25, 0.3) is 0 Å². The van der Waals surface area contributed by atoms with E-state index in [2.05, 4.69) is 4.98 Å². The van der Waals surface area contributed by atoms with Gasteiger partial charge in [-0.05, 0) is 25.1 Å². The smallest absolute Gasteiger partial charge is 0.392 e. The summed E-state index contributed by atoms with van der Waals surface area (Å²) in [5.41, 5.74) is 0.890. The highest BCUT2D eigenvalue weighted by atomic mass is 19.4. The minimum atomic E-state index is -4.41. The van der Waals surface area contributed by atoms with Crippen LogP contribution in [0.5, 0.6) is 0 Å². The van der Waals surface area contributed by atoms with Crippen molar-refractivity contribution >= 4 is 11.0 Å². The summed E-state index contributed by atoms with van der Waals surface area (Å²) >= 11 is 0. The van der Waals surface area contributed by atoms with Crippen molar-refractivity contribution < 1.29 is 18.3 Å². The highest BCUT2D eigenvalue weighted by Gasteiger charge is 2.31. The molecule has 0 fully saturated rings. The zero-order valence-electron chi connectivity index (χ0n) is 12.4. The summed E-state index contributed by atoms with van der Waals surface area (Å²) in [6.07, 6.45) is -5.05. The van der Waals surface area contributed by atoms with Crippen molar-refractivity contribution in [2.45, 2.75) is 25.7 Å². The molecular formula is C17H15F3N2O. The molecule has 6 heteroatoms. The standard InChI is InChI=1S/C17H15F3N2O/c1-11(23)10-22-15-8-7-13(17(18,19)20)9-14(15)21-16(22)12-5-3-2-4-6-12/h2-9,11,23H,10H2,1H3. The first-order chi connectivity index (χ1) is 10.9. The summed E-state index contributed by atoms with van der Waals surface area (Å²) < 4.78 is 40.4. The van der Waals surface area contributed by atoms with Crippen LogP contribution in [0.2, 0.25) is 0 Å². The van der Waals surface area contributed by atoms with E-state index in [0.717, 1.165) is 17.7 Å². The zero-order valence-corrected chi connectivity index (χ0v) is 12.4. The molecule has 0 radical (unpaired) electrons. The number of hydrogen-bond donors (Lipinski definition) is 1. The number of alkyl halides is 3. The first-order valence-corrected chi connectivity index (χ1v) is 7.17. The second kappa shape index (κ2) is 5.70. The van der Waals surface area contributed by atoms with Crippen LogP contribution in [0.15, 0.2) is 48.5 Å². The molecule has 1 unspecified atom stereocenters. The van der Waals surface area contributed by atoms with E-state index in [9.17, 15) is 18.3 Å². The van der Waals surface area contributed by atoms with Crippen molar-refractivity contribution in [3.63, 3.8) is 0 Å². The second-order valence-corrected chi connectivity index (χ2v) is 5.46. The fraction of sp³-hybridized carbons (Fsp3) is 0.235. The Kier molecular flexibility index (Phi) is 3.85. The van der Waals surface area contributed by atoms with E-state index in [0.29, 0.717) is 11.3 Å². The molecule has 120 valence electrons. The fourth-order valence-corrected chi connectivity index (χ4v) is 2.56. The van der Waals surface area contributed by atoms with Gasteiger partial charge in [0.2, 0.25) is 0 Å². The monoisotopic (exact) mass is 320 g/mol. The van der Waals surface area contributed by atoms with Crippen LogP contribution in [0.1, 0.15) is 12.5 Å². The summed E-state index contributed by atoms with van der Waals surface area (Å²) in [4.78, 5) is 4.36. The minimum Gasteiger partial charge on any atom is -0.392 e. The van der Waals surface area contributed by atoms with Gasteiger partial charge in [0.05, 0.1) is 29.2 Å². The number of fused-ring (bicyclic) bond motifs is 1. The summed E-state index contributed by atoms with van der Waals surface area (Å²) in [7, 11) is 0. The number of nitrogens with zero attached hydrogens (tertiary/aromatic N) is 2. The molecule has 1 heterocycles. The van der Waals surface area contributed by atoms with E-state index in [1.807, 2.05) is 30.3 Å². The summed E-state index contributed by atoms with van der Waals surface area (Å²) in [5.74, 6) is 0.542. The van der Waals surface area contributed by atoms with Gasteiger partial charge in [-0.15, -0.1) is 0 Å². The molecular weight excluding hydrogens is 305 g/mol. The maximum atomic E-state index is 12.9. The van der Waals surface area contributed by atoms with Gasteiger partial charge in [0.15, 0.2) is 0 Å². The second-order valence-electron chi connectivity index (χ2n) is 5.46. The Labute approximate surface area is 131 Å². The van der Waals surface area contributed by atoms with Gasteiger partial charge < -0.3 is 9.67 Å². The van der Waals surface area contributed by atoms with Crippen LogP contribution in [-0.2, 0) is 12.7 Å². The molecule has 0 spiro atoms. The first-order valence-electron chi connectivity index (χ1n) is 7.17. The van der Waals surface area contributed by atoms with Crippen molar-refractivity contribution in [3.05, 3.63) is 54.1 Å². The van der Waals surface area contributed by atoms with E-state index in [-0.39, 0.29) is 12.1 Å². The molecule has 3 nitrogen and oxygen atoms in total. The number of imidazole rings is 1. The summed E-state index contributed by atoms with van der Waals surface area (Å²) in [6.45, 7) is 1.89. The van der Waals surface area contributed by atoms with Gasteiger partial charge in [-0.3, -0.25) is 0 Å². The van der Waals surface area contributed by atoms with Crippen molar-refractivity contribution in [2.24, 2.45) is 0 Å². The lowest BCUT2D eigenvalue weighted by molar-refractivity contribution is -0.137. The molecule has 0 aliphatic carbocycles. The van der Waals surface area contributed by atoms with Crippen LogP contribution in [0, 0.1) is 0 Å². The van der Waals surface area contributed by atoms with E-state index in [4.69, 9.17) is 0 Å².